The number of anilines is 1. The van der Waals surface area contributed by atoms with E-state index >= 15 is 0 Å². The fourth-order valence-electron chi connectivity index (χ4n) is 1.73. The van der Waals surface area contributed by atoms with Gasteiger partial charge in [-0.2, -0.15) is 11.3 Å². The second-order valence-electron chi connectivity index (χ2n) is 4.60. The quantitative estimate of drug-likeness (QED) is 0.768. The summed E-state index contributed by atoms with van der Waals surface area (Å²) in [6.07, 6.45) is 1.79. The number of thiophene rings is 1. The van der Waals surface area contributed by atoms with Crippen LogP contribution in [-0.2, 0) is 6.54 Å². The fraction of sp³-hybridized carbons (Fsp3) is 0.231. The van der Waals surface area contributed by atoms with Crippen molar-refractivity contribution in [2.75, 3.05) is 5.32 Å². The van der Waals surface area contributed by atoms with Crippen LogP contribution >= 0.6 is 22.7 Å². The number of aromatic nitrogens is 4. The zero-order valence-electron chi connectivity index (χ0n) is 12.0. The third kappa shape index (κ3) is 3.31. The van der Waals surface area contributed by atoms with Crippen LogP contribution in [0.5, 0.6) is 0 Å². The Morgan fingerprint density at radius 2 is 2.27 bits per heavy atom. The van der Waals surface area contributed by atoms with E-state index in [9.17, 15) is 4.79 Å². The first-order chi connectivity index (χ1) is 10.6. The molecular weight excluding hydrogens is 320 g/mol. The normalized spacial score (nSPS) is 10.6. The predicted octanol–water partition coefficient (Wildman–Crippen LogP) is 2.72. The van der Waals surface area contributed by atoms with E-state index < -0.39 is 0 Å². The molecular formula is C13H14N6OS2. The highest BCUT2D eigenvalue weighted by Crippen LogP contribution is 2.20. The number of aryl methyl sites for hydroxylation is 2. The number of nitrogens with one attached hydrogen (secondary N) is 2. The summed E-state index contributed by atoms with van der Waals surface area (Å²) in [5.74, 6) is 0. The van der Waals surface area contributed by atoms with Crippen molar-refractivity contribution in [3.05, 3.63) is 39.3 Å². The van der Waals surface area contributed by atoms with Crippen molar-refractivity contribution in [2.24, 2.45) is 0 Å². The van der Waals surface area contributed by atoms with Crippen LogP contribution in [0.15, 0.2) is 23.0 Å². The van der Waals surface area contributed by atoms with Gasteiger partial charge < -0.3 is 5.32 Å². The van der Waals surface area contributed by atoms with E-state index in [4.69, 9.17) is 0 Å². The third-order valence-corrected chi connectivity index (χ3v) is 4.65. The number of thiazole rings is 1. The lowest BCUT2D eigenvalue weighted by Gasteiger charge is -2.02. The molecule has 3 aromatic heterocycles. The number of carbonyl (C=O) groups excluding carboxylic acids is 1. The molecule has 0 radical (unpaired) electrons. The topological polar surface area (TPSA) is 84.7 Å². The van der Waals surface area contributed by atoms with Gasteiger partial charge in [-0.3, -0.25) is 5.32 Å². The molecule has 0 bridgehead atoms. The summed E-state index contributed by atoms with van der Waals surface area (Å²) in [4.78, 5) is 17.2. The molecule has 0 unspecified atom stereocenters. The highest BCUT2D eigenvalue weighted by molar-refractivity contribution is 7.15. The molecule has 9 heteroatoms. The third-order valence-electron chi connectivity index (χ3n) is 2.99. The number of hydrogen-bond acceptors (Lipinski definition) is 6. The summed E-state index contributed by atoms with van der Waals surface area (Å²) in [6.45, 7) is 4.19. The van der Waals surface area contributed by atoms with Gasteiger partial charge in [-0.25, -0.2) is 14.5 Å². The van der Waals surface area contributed by atoms with E-state index in [1.807, 2.05) is 30.7 Å². The number of amides is 2. The molecule has 114 valence electrons. The fourth-order valence-corrected chi connectivity index (χ4v) is 3.16. The van der Waals surface area contributed by atoms with E-state index in [1.165, 1.54) is 11.3 Å². The zero-order chi connectivity index (χ0) is 15.5. The molecule has 22 heavy (non-hydrogen) atoms. The van der Waals surface area contributed by atoms with Gasteiger partial charge >= 0.3 is 6.03 Å². The molecule has 0 aliphatic rings. The molecule has 3 aromatic rings. The first-order valence-electron chi connectivity index (χ1n) is 6.54. The van der Waals surface area contributed by atoms with E-state index in [2.05, 4.69) is 25.9 Å². The number of nitrogens with zero attached hydrogens (tertiary/aromatic N) is 4. The van der Waals surface area contributed by atoms with Gasteiger partial charge in [0.2, 0.25) is 0 Å². The lowest BCUT2D eigenvalue weighted by atomic mass is 10.4. The van der Waals surface area contributed by atoms with E-state index in [0.717, 1.165) is 16.3 Å². The van der Waals surface area contributed by atoms with Crippen LogP contribution in [0, 0.1) is 13.8 Å². The Morgan fingerprint density at radius 1 is 1.41 bits per heavy atom. The van der Waals surface area contributed by atoms with Crippen molar-refractivity contribution in [3.63, 3.8) is 0 Å². The van der Waals surface area contributed by atoms with Crippen molar-refractivity contribution in [1.82, 2.24) is 25.3 Å². The van der Waals surface area contributed by atoms with Crippen molar-refractivity contribution in [1.29, 1.82) is 0 Å². The second kappa shape index (κ2) is 6.24. The number of urea groups is 1. The Kier molecular flexibility index (Phi) is 4.16. The van der Waals surface area contributed by atoms with Gasteiger partial charge in [0.15, 0.2) is 5.13 Å². The van der Waals surface area contributed by atoms with Crippen LogP contribution in [0.3, 0.4) is 0 Å². The van der Waals surface area contributed by atoms with Crippen LogP contribution in [-0.4, -0.2) is 26.0 Å². The second-order valence-corrected chi connectivity index (χ2v) is 6.59. The molecule has 0 atom stereocenters. The van der Waals surface area contributed by atoms with E-state index in [1.54, 1.807) is 22.2 Å². The molecule has 0 saturated carbocycles. The van der Waals surface area contributed by atoms with E-state index in [-0.39, 0.29) is 6.03 Å². The van der Waals surface area contributed by atoms with Crippen LogP contribution in [0.2, 0.25) is 0 Å². The SMILES string of the molecule is Cc1nc(NC(=O)NCc2cn(-c3ccsc3)nn2)sc1C. The van der Waals surface area contributed by atoms with Gasteiger partial charge in [0, 0.05) is 10.3 Å². The van der Waals surface area contributed by atoms with Gasteiger partial charge in [-0.1, -0.05) is 5.21 Å². The lowest BCUT2D eigenvalue weighted by molar-refractivity contribution is 0.251. The molecule has 3 heterocycles. The average Bonchev–Trinajstić information content (AvgIpc) is 3.19. The Labute approximate surface area is 135 Å². The number of rotatable bonds is 4. The largest absolute Gasteiger partial charge is 0.332 e. The Balaban J connectivity index is 1.55. The van der Waals surface area contributed by atoms with Gasteiger partial charge in [0.1, 0.15) is 5.69 Å². The van der Waals surface area contributed by atoms with Gasteiger partial charge in [-0.15, -0.1) is 16.4 Å². The van der Waals surface area contributed by atoms with Gasteiger partial charge in [0.25, 0.3) is 0 Å². The Morgan fingerprint density at radius 3 is 2.95 bits per heavy atom. The first kappa shape index (κ1) is 14.7. The highest BCUT2D eigenvalue weighted by Gasteiger charge is 2.09. The predicted molar refractivity (Wildman–Crippen MR) is 86.7 cm³/mol. The minimum atomic E-state index is -0.307. The molecule has 2 amide bonds. The standard InChI is InChI=1S/C13H14N6OS2/c1-8-9(2)22-13(15-8)16-12(20)14-5-10-6-19(18-17-10)11-3-4-21-7-11/h3-4,6-7H,5H2,1-2H3,(H2,14,15,16,20). The highest BCUT2D eigenvalue weighted by atomic mass is 32.1. The van der Waals surface area contributed by atoms with E-state index in [0.29, 0.717) is 17.4 Å². The van der Waals surface area contributed by atoms with Crippen molar-refractivity contribution in [2.45, 2.75) is 20.4 Å². The minimum absolute atomic E-state index is 0.305. The first-order valence-corrected chi connectivity index (χ1v) is 8.30. The molecule has 0 fully saturated rings. The van der Waals surface area contributed by atoms with Gasteiger partial charge in [-0.05, 0) is 25.3 Å². The van der Waals surface area contributed by atoms with Crippen molar-refractivity contribution < 1.29 is 4.79 Å². The molecule has 0 aliphatic heterocycles. The summed E-state index contributed by atoms with van der Waals surface area (Å²) in [5.41, 5.74) is 2.58. The van der Waals surface area contributed by atoms with Crippen LogP contribution < -0.4 is 10.6 Å². The molecule has 0 spiro atoms. The number of hydrogen-bond donors (Lipinski definition) is 2. The maximum absolute atomic E-state index is 11.8. The molecule has 0 aliphatic carbocycles. The molecule has 0 aromatic carbocycles. The Bertz CT molecular complexity index is 757. The maximum atomic E-state index is 11.8. The smallest absolute Gasteiger partial charge is 0.321 e. The molecule has 0 saturated heterocycles. The van der Waals surface area contributed by atoms with Crippen molar-refractivity contribution >= 4 is 33.8 Å². The molecule has 7 nitrogen and oxygen atoms in total. The summed E-state index contributed by atoms with van der Waals surface area (Å²) >= 11 is 3.04. The minimum Gasteiger partial charge on any atom is -0.332 e. The van der Waals surface area contributed by atoms with Crippen LogP contribution in [0.1, 0.15) is 16.3 Å². The molecule has 3 rings (SSSR count). The maximum Gasteiger partial charge on any atom is 0.321 e. The van der Waals surface area contributed by atoms with Crippen LogP contribution in [0.25, 0.3) is 5.69 Å². The summed E-state index contributed by atoms with van der Waals surface area (Å²) in [6, 6.07) is 1.65. The Hall–Kier alpha value is -2.26. The van der Waals surface area contributed by atoms with Gasteiger partial charge in [0.05, 0.1) is 24.1 Å². The average molecular weight is 334 g/mol. The summed E-state index contributed by atoms with van der Waals surface area (Å²) < 4.78 is 1.68. The van der Waals surface area contributed by atoms with Crippen LogP contribution in [0.4, 0.5) is 9.93 Å². The monoisotopic (exact) mass is 334 g/mol. The number of carbonyl (C=O) groups is 1. The summed E-state index contributed by atoms with van der Waals surface area (Å²) in [5, 5.41) is 18.1. The molecule has 2 N–H and O–H groups in total. The lowest BCUT2D eigenvalue weighted by Crippen LogP contribution is -2.28. The van der Waals surface area contributed by atoms with Crippen molar-refractivity contribution in [3.8, 4) is 5.69 Å². The summed E-state index contributed by atoms with van der Waals surface area (Å²) in [7, 11) is 0. The zero-order valence-corrected chi connectivity index (χ0v) is 13.7.